The first-order valence-electron chi connectivity index (χ1n) is 6.38. The fourth-order valence-electron chi connectivity index (χ4n) is 2.30. The van der Waals surface area contributed by atoms with Crippen LogP contribution < -0.4 is 10.6 Å². The molecule has 2 aromatic rings. The lowest BCUT2D eigenvalue weighted by Crippen LogP contribution is -2.05. The van der Waals surface area contributed by atoms with E-state index in [1.807, 2.05) is 6.92 Å². The largest absolute Gasteiger partial charge is 0.375 e. The molecule has 0 saturated carbocycles. The molecule has 3 rings (SSSR count). The SMILES string of the molecule is Cc1[nH]ncc1CNc1cc2c(cc1[N+](=O)[O-])CC(=O)N2. The number of carbonyl (C=O) groups is 1. The van der Waals surface area contributed by atoms with Crippen molar-refractivity contribution in [1.82, 2.24) is 10.2 Å². The van der Waals surface area contributed by atoms with Gasteiger partial charge in [0.25, 0.3) is 5.69 Å². The third-order valence-electron chi connectivity index (χ3n) is 3.45. The molecule has 0 atom stereocenters. The van der Waals surface area contributed by atoms with Gasteiger partial charge in [-0.15, -0.1) is 0 Å². The number of aromatic amines is 1. The third-order valence-corrected chi connectivity index (χ3v) is 3.45. The molecule has 1 amide bonds. The number of aryl methyl sites for hydroxylation is 1. The molecule has 108 valence electrons. The molecule has 0 unspecified atom stereocenters. The Morgan fingerprint density at radius 3 is 2.95 bits per heavy atom. The Morgan fingerprint density at radius 2 is 2.29 bits per heavy atom. The van der Waals surface area contributed by atoms with E-state index in [1.54, 1.807) is 12.3 Å². The molecule has 0 bridgehead atoms. The lowest BCUT2D eigenvalue weighted by atomic mass is 10.1. The van der Waals surface area contributed by atoms with Gasteiger partial charge in [-0.3, -0.25) is 20.0 Å². The molecule has 1 aliphatic rings. The van der Waals surface area contributed by atoms with Gasteiger partial charge in [-0.1, -0.05) is 0 Å². The number of H-pyrrole nitrogens is 1. The monoisotopic (exact) mass is 287 g/mol. The number of nitrogens with zero attached hydrogens (tertiary/aromatic N) is 2. The second-order valence-electron chi connectivity index (χ2n) is 4.88. The van der Waals surface area contributed by atoms with Crippen molar-refractivity contribution >= 4 is 23.0 Å². The van der Waals surface area contributed by atoms with Crippen LogP contribution in [0.3, 0.4) is 0 Å². The van der Waals surface area contributed by atoms with Gasteiger partial charge in [-0.05, 0) is 18.6 Å². The maximum atomic E-state index is 11.4. The normalized spacial score (nSPS) is 12.9. The molecule has 0 fully saturated rings. The van der Waals surface area contributed by atoms with Crippen molar-refractivity contribution in [2.75, 3.05) is 10.6 Å². The van der Waals surface area contributed by atoms with E-state index in [4.69, 9.17) is 0 Å². The van der Waals surface area contributed by atoms with E-state index in [0.29, 0.717) is 23.5 Å². The summed E-state index contributed by atoms with van der Waals surface area (Å²) in [7, 11) is 0. The molecule has 1 aromatic heterocycles. The van der Waals surface area contributed by atoms with Crippen LogP contribution in [0.1, 0.15) is 16.8 Å². The number of nitro benzene ring substituents is 1. The summed E-state index contributed by atoms with van der Waals surface area (Å²) in [5, 5.41) is 23.6. The molecule has 8 nitrogen and oxygen atoms in total. The van der Waals surface area contributed by atoms with Crippen LogP contribution in [0.4, 0.5) is 17.1 Å². The van der Waals surface area contributed by atoms with Crippen LogP contribution >= 0.6 is 0 Å². The van der Waals surface area contributed by atoms with E-state index in [1.165, 1.54) is 6.07 Å². The minimum atomic E-state index is -0.451. The molecule has 2 heterocycles. The Balaban J connectivity index is 1.90. The number of hydrogen-bond donors (Lipinski definition) is 3. The van der Waals surface area contributed by atoms with E-state index in [0.717, 1.165) is 11.3 Å². The van der Waals surface area contributed by atoms with Crippen LogP contribution in [0.15, 0.2) is 18.3 Å². The lowest BCUT2D eigenvalue weighted by molar-refractivity contribution is -0.384. The number of amides is 1. The van der Waals surface area contributed by atoms with E-state index in [-0.39, 0.29) is 18.0 Å². The highest BCUT2D eigenvalue weighted by molar-refractivity contribution is 6.00. The van der Waals surface area contributed by atoms with Gasteiger partial charge in [0.05, 0.1) is 17.5 Å². The Bertz CT molecular complexity index is 737. The second kappa shape index (κ2) is 4.89. The summed E-state index contributed by atoms with van der Waals surface area (Å²) in [6.07, 6.45) is 1.85. The first kappa shape index (κ1) is 13.1. The number of nitrogens with one attached hydrogen (secondary N) is 3. The number of nitro groups is 1. The first-order valence-corrected chi connectivity index (χ1v) is 6.38. The summed E-state index contributed by atoms with van der Waals surface area (Å²) in [6.45, 7) is 2.29. The van der Waals surface area contributed by atoms with Gasteiger partial charge in [-0.25, -0.2) is 0 Å². The number of rotatable bonds is 4. The molecule has 0 aliphatic carbocycles. The number of benzene rings is 1. The Hall–Kier alpha value is -2.90. The minimum absolute atomic E-state index is 0.0357. The van der Waals surface area contributed by atoms with Gasteiger partial charge in [0.1, 0.15) is 5.69 Å². The second-order valence-corrected chi connectivity index (χ2v) is 4.88. The smallest absolute Gasteiger partial charge is 0.292 e. The highest BCUT2D eigenvalue weighted by atomic mass is 16.6. The predicted molar refractivity (Wildman–Crippen MR) is 76.1 cm³/mol. The molecule has 0 radical (unpaired) electrons. The van der Waals surface area contributed by atoms with Gasteiger partial charge in [0.2, 0.25) is 5.91 Å². The van der Waals surface area contributed by atoms with Gasteiger partial charge in [0, 0.05) is 29.6 Å². The summed E-state index contributed by atoms with van der Waals surface area (Å²) in [5.74, 6) is -0.151. The van der Waals surface area contributed by atoms with Crippen LogP contribution in [0.5, 0.6) is 0 Å². The number of fused-ring (bicyclic) bond motifs is 1. The van der Waals surface area contributed by atoms with Gasteiger partial charge < -0.3 is 10.6 Å². The molecule has 21 heavy (non-hydrogen) atoms. The Morgan fingerprint density at radius 1 is 1.48 bits per heavy atom. The van der Waals surface area contributed by atoms with Crippen LogP contribution in [0.2, 0.25) is 0 Å². The Labute approximate surface area is 119 Å². The lowest BCUT2D eigenvalue weighted by Gasteiger charge is -2.09. The summed E-state index contributed by atoms with van der Waals surface area (Å²) in [4.78, 5) is 22.1. The van der Waals surface area contributed by atoms with Crippen molar-refractivity contribution in [3.8, 4) is 0 Å². The number of anilines is 2. The van der Waals surface area contributed by atoms with Gasteiger partial charge in [0.15, 0.2) is 0 Å². The molecule has 1 aliphatic heterocycles. The summed E-state index contributed by atoms with van der Waals surface area (Å²) >= 11 is 0. The van der Waals surface area contributed by atoms with Crippen LogP contribution in [-0.2, 0) is 17.8 Å². The van der Waals surface area contributed by atoms with E-state index in [9.17, 15) is 14.9 Å². The van der Waals surface area contributed by atoms with E-state index >= 15 is 0 Å². The number of aromatic nitrogens is 2. The first-order chi connectivity index (χ1) is 10.0. The van der Waals surface area contributed by atoms with Gasteiger partial charge >= 0.3 is 0 Å². The Kier molecular flexibility index (Phi) is 3.05. The fourth-order valence-corrected chi connectivity index (χ4v) is 2.30. The zero-order chi connectivity index (χ0) is 15.0. The molecule has 0 spiro atoms. The van der Waals surface area contributed by atoms with Crippen molar-refractivity contribution in [2.45, 2.75) is 19.9 Å². The third kappa shape index (κ3) is 2.42. The van der Waals surface area contributed by atoms with Crippen molar-refractivity contribution in [2.24, 2.45) is 0 Å². The maximum absolute atomic E-state index is 11.4. The van der Waals surface area contributed by atoms with Crippen molar-refractivity contribution < 1.29 is 9.72 Å². The molecular formula is C13H13N5O3. The zero-order valence-electron chi connectivity index (χ0n) is 11.3. The fraction of sp³-hybridized carbons (Fsp3) is 0.231. The molecular weight excluding hydrogens is 274 g/mol. The van der Waals surface area contributed by atoms with Crippen LogP contribution in [0.25, 0.3) is 0 Å². The van der Waals surface area contributed by atoms with E-state index < -0.39 is 4.92 Å². The van der Waals surface area contributed by atoms with Crippen molar-refractivity contribution in [1.29, 1.82) is 0 Å². The van der Waals surface area contributed by atoms with Crippen molar-refractivity contribution in [3.05, 3.63) is 45.3 Å². The van der Waals surface area contributed by atoms with Gasteiger partial charge in [-0.2, -0.15) is 5.10 Å². The standard InChI is InChI=1S/C13H13N5O3/c1-7-9(6-15-17-7)5-14-11-4-10-8(3-13(19)16-10)2-12(11)18(20)21/h2,4,6,14H,3,5H2,1H3,(H,15,17)(H,16,19). The topological polar surface area (TPSA) is 113 Å². The quantitative estimate of drug-likeness (QED) is 0.585. The molecule has 1 aromatic carbocycles. The minimum Gasteiger partial charge on any atom is -0.375 e. The molecule has 0 saturated heterocycles. The maximum Gasteiger partial charge on any atom is 0.292 e. The summed E-state index contributed by atoms with van der Waals surface area (Å²) in [5.41, 5.74) is 3.44. The molecule has 8 heteroatoms. The van der Waals surface area contributed by atoms with Crippen LogP contribution in [0, 0.1) is 17.0 Å². The summed E-state index contributed by atoms with van der Waals surface area (Å²) in [6, 6.07) is 3.05. The highest BCUT2D eigenvalue weighted by Gasteiger charge is 2.24. The number of carbonyl (C=O) groups excluding carboxylic acids is 1. The number of hydrogen-bond acceptors (Lipinski definition) is 5. The molecule has 3 N–H and O–H groups in total. The van der Waals surface area contributed by atoms with E-state index in [2.05, 4.69) is 20.8 Å². The zero-order valence-corrected chi connectivity index (χ0v) is 11.3. The average Bonchev–Trinajstić information content (AvgIpc) is 2.99. The average molecular weight is 287 g/mol. The highest BCUT2D eigenvalue weighted by Crippen LogP contribution is 2.34. The predicted octanol–water partition coefficient (Wildman–Crippen LogP) is 1.73. The van der Waals surface area contributed by atoms with Crippen molar-refractivity contribution in [3.63, 3.8) is 0 Å². The summed E-state index contributed by atoms with van der Waals surface area (Å²) < 4.78 is 0. The van der Waals surface area contributed by atoms with Crippen LogP contribution in [-0.4, -0.2) is 21.0 Å².